The summed E-state index contributed by atoms with van der Waals surface area (Å²) in [5, 5.41) is 126. The molecule has 2 aliphatic heterocycles. The number of carbonyl (C=O) groups is 3. The third-order valence-electron chi connectivity index (χ3n) is 7.00. The average Bonchev–Trinajstić information content (AvgIpc) is 2.97. The van der Waals surface area contributed by atoms with E-state index in [1.54, 1.807) is 0 Å². The van der Waals surface area contributed by atoms with Crippen molar-refractivity contribution in [1.82, 2.24) is 5.32 Å². The van der Waals surface area contributed by atoms with E-state index in [-0.39, 0.29) is 35.8 Å². The van der Waals surface area contributed by atoms with Gasteiger partial charge >= 0.3 is 29.6 Å². The summed E-state index contributed by atoms with van der Waals surface area (Å²) in [6.07, 6.45) is -28.4. The summed E-state index contributed by atoms with van der Waals surface area (Å²) >= 11 is 0. The first-order chi connectivity index (χ1) is 20.1. The number of rotatable bonds is 15. The molecule has 15 atom stereocenters. The minimum absolute atomic E-state index is 0. The predicted octanol–water partition coefficient (Wildman–Crippen LogP) is -12.7. The maximum Gasteiger partial charge on any atom is 1.00 e. The molecule has 2 saturated heterocycles. The maximum atomic E-state index is 12.4. The Hall–Kier alpha value is -0.990. The minimum atomic E-state index is -3.18. The van der Waals surface area contributed by atoms with Crippen molar-refractivity contribution in [3.05, 3.63) is 0 Å². The molecule has 250 valence electrons. The van der Waals surface area contributed by atoms with Crippen molar-refractivity contribution >= 4 is 18.2 Å². The van der Waals surface area contributed by atoms with E-state index >= 15 is 0 Å². The van der Waals surface area contributed by atoms with Gasteiger partial charge in [-0.3, -0.25) is 4.79 Å². The fourth-order valence-electron chi connectivity index (χ4n) is 4.70. The first-order valence-corrected chi connectivity index (χ1v) is 13.0. The summed E-state index contributed by atoms with van der Waals surface area (Å²) in [5.74, 6) is -6.22. The zero-order valence-electron chi connectivity index (χ0n) is 23.7. The monoisotopic (exact) mass is 655 g/mol. The molecule has 2 aliphatic rings. The Morgan fingerprint density at radius 3 is 2.11 bits per heavy atom. The smallest absolute Gasteiger partial charge is 0.544 e. The molecule has 44 heavy (non-hydrogen) atoms. The number of hydrogen-bond donors (Lipinski definition) is 12. The molecule has 2 rings (SSSR count). The van der Waals surface area contributed by atoms with Gasteiger partial charge in [0.2, 0.25) is 11.7 Å². The van der Waals surface area contributed by atoms with Gasteiger partial charge in [0.05, 0.1) is 32.0 Å². The molecular formula is C23H38NNaO19. The van der Waals surface area contributed by atoms with E-state index in [9.17, 15) is 75.7 Å². The fourth-order valence-corrected chi connectivity index (χ4v) is 4.70. The summed E-state index contributed by atoms with van der Waals surface area (Å²) in [6, 6.07) is -1.60. The zero-order chi connectivity index (χ0) is 32.8. The van der Waals surface area contributed by atoms with Crippen LogP contribution in [0.4, 0.5) is 0 Å². The molecule has 0 radical (unpaired) electrons. The summed E-state index contributed by atoms with van der Waals surface area (Å²) in [7, 11) is 0. The van der Waals surface area contributed by atoms with Crippen LogP contribution >= 0.6 is 0 Å². The van der Waals surface area contributed by atoms with Gasteiger partial charge in [0.15, 0.2) is 12.6 Å². The van der Waals surface area contributed by atoms with Crippen LogP contribution in [-0.4, -0.2) is 186 Å². The fraction of sp³-hybridized carbons (Fsp3) is 0.870. The van der Waals surface area contributed by atoms with Gasteiger partial charge in [-0.15, -0.1) is 0 Å². The zero-order valence-corrected chi connectivity index (χ0v) is 25.7. The normalized spacial score (nSPS) is 36.5. The quantitative estimate of drug-likeness (QED) is 0.0575. The van der Waals surface area contributed by atoms with E-state index in [0.717, 1.165) is 6.92 Å². The van der Waals surface area contributed by atoms with Crippen LogP contribution in [0.3, 0.4) is 0 Å². The number of aliphatic carboxylic acids is 1. The standard InChI is InChI=1S/C23H39NO19.Na/c1-7(29)24-13-8(30)2-23(22(38)39,42-19(13)15(35)10(32)4-26)43-20-16(36)12(6-28)40-21(17(20)37)41-18(11(33)5-27)14(34)9(31)3-25;/h3,8-21,26-28,30-37H,2,4-6H2,1H3,(H,24,29)(H,38,39);/q;+1/p-1/t8-,9-,10+,11+,12+,13?,14+,15+,16-,17+,18?,19+,20-,21-,23-;/m0./s1. The van der Waals surface area contributed by atoms with Gasteiger partial charge in [-0.05, 0) is 0 Å². The van der Waals surface area contributed by atoms with Gasteiger partial charge in [-0.25, -0.2) is 0 Å². The van der Waals surface area contributed by atoms with Gasteiger partial charge in [-0.2, -0.15) is 0 Å². The van der Waals surface area contributed by atoms with Crippen LogP contribution in [0.1, 0.15) is 13.3 Å². The number of nitrogens with one attached hydrogen (secondary N) is 1. The second-order valence-electron chi connectivity index (χ2n) is 10.1. The maximum absolute atomic E-state index is 12.4. The molecule has 20 nitrogen and oxygen atoms in total. The Morgan fingerprint density at radius 2 is 1.64 bits per heavy atom. The SMILES string of the molecule is CC(=O)NC1[C@H]([C@H](O)[C@H](O)CO)O[C@@](O[C@H]2[C@@H](O)[C@@H](CO)O[C@@H](OC([C@H](O)CO)[C@H](O)[C@@H](O)C=O)[C@@H]2O)(C(=O)[O-])C[C@@H]1O.[Na+]. The number of aldehydes is 1. The van der Waals surface area contributed by atoms with Crippen molar-refractivity contribution in [1.29, 1.82) is 0 Å². The van der Waals surface area contributed by atoms with Crippen LogP contribution in [0, 0.1) is 0 Å². The number of amides is 1. The molecule has 2 unspecified atom stereocenters. The van der Waals surface area contributed by atoms with Gasteiger partial charge in [0.25, 0.3) is 0 Å². The first kappa shape index (κ1) is 41.0. The number of carboxylic acids is 1. The second-order valence-corrected chi connectivity index (χ2v) is 10.1. The summed E-state index contributed by atoms with van der Waals surface area (Å²) in [6.45, 7) is -2.23. The third-order valence-corrected chi connectivity index (χ3v) is 7.00. The van der Waals surface area contributed by atoms with Crippen molar-refractivity contribution in [3.63, 3.8) is 0 Å². The van der Waals surface area contributed by atoms with E-state index in [1.165, 1.54) is 0 Å². The van der Waals surface area contributed by atoms with Crippen LogP contribution < -0.4 is 40.0 Å². The van der Waals surface area contributed by atoms with Gasteiger partial charge in [0, 0.05) is 13.3 Å². The molecule has 2 fully saturated rings. The van der Waals surface area contributed by atoms with Crippen molar-refractivity contribution in [2.24, 2.45) is 0 Å². The first-order valence-electron chi connectivity index (χ1n) is 13.0. The molecule has 0 saturated carbocycles. The van der Waals surface area contributed by atoms with Crippen LogP contribution in [0.25, 0.3) is 0 Å². The van der Waals surface area contributed by atoms with Crippen LogP contribution in [-0.2, 0) is 33.3 Å². The number of aliphatic hydroxyl groups is 11. The second kappa shape index (κ2) is 17.8. The molecule has 1 amide bonds. The van der Waals surface area contributed by atoms with Gasteiger partial charge in [-0.1, -0.05) is 0 Å². The Balaban J connectivity index is 0.00000968. The van der Waals surface area contributed by atoms with Crippen LogP contribution in [0.5, 0.6) is 0 Å². The van der Waals surface area contributed by atoms with Crippen molar-refractivity contribution in [2.45, 2.75) is 105 Å². The minimum Gasteiger partial charge on any atom is -0.544 e. The summed E-state index contributed by atoms with van der Waals surface area (Å²) in [4.78, 5) is 35.0. The van der Waals surface area contributed by atoms with Crippen molar-refractivity contribution < 1.29 is 124 Å². The molecular weight excluding hydrogens is 617 g/mol. The summed E-state index contributed by atoms with van der Waals surface area (Å²) in [5.41, 5.74) is 0. The molecule has 21 heteroatoms. The number of hydrogen-bond acceptors (Lipinski definition) is 19. The van der Waals surface area contributed by atoms with E-state index in [4.69, 9.17) is 18.9 Å². The number of ether oxygens (including phenoxy) is 4. The molecule has 2 heterocycles. The number of carboxylic acid groups (broad SMARTS) is 1. The van der Waals surface area contributed by atoms with Crippen molar-refractivity contribution in [2.75, 3.05) is 19.8 Å². The molecule has 0 bridgehead atoms. The van der Waals surface area contributed by atoms with Crippen LogP contribution in [0.2, 0.25) is 0 Å². The Bertz CT molecular complexity index is 934. The van der Waals surface area contributed by atoms with Gasteiger partial charge < -0.3 is 95.1 Å². The molecule has 0 aromatic rings. The van der Waals surface area contributed by atoms with Gasteiger partial charge in [0.1, 0.15) is 73.1 Å². The molecule has 0 spiro atoms. The molecule has 0 aromatic heterocycles. The average molecular weight is 656 g/mol. The number of carbonyl (C=O) groups excluding carboxylic acids is 3. The topological polar surface area (TPSA) is 346 Å². The van der Waals surface area contributed by atoms with Crippen molar-refractivity contribution in [3.8, 4) is 0 Å². The van der Waals surface area contributed by atoms with Crippen LogP contribution in [0.15, 0.2) is 0 Å². The van der Waals surface area contributed by atoms with E-state index in [1.807, 2.05) is 0 Å². The summed E-state index contributed by atoms with van der Waals surface area (Å²) < 4.78 is 21.3. The van der Waals surface area contributed by atoms with E-state index < -0.39 is 129 Å². The molecule has 0 aromatic carbocycles. The Kier molecular flexibility index (Phi) is 16.6. The largest absolute Gasteiger partial charge is 1.00 e. The van der Waals surface area contributed by atoms with E-state index in [2.05, 4.69) is 5.32 Å². The molecule has 12 N–H and O–H groups in total. The number of aliphatic hydroxyl groups excluding tert-OH is 11. The Labute approximate surface area is 271 Å². The molecule has 0 aliphatic carbocycles. The predicted molar refractivity (Wildman–Crippen MR) is 129 cm³/mol. The third kappa shape index (κ3) is 9.30. The Morgan fingerprint density at radius 1 is 1.05 bits per heavy atom. The van der Waals surface area contributed by atoms with E-state index in [0.29, 0.717) is 0 Å².